The molecule has 1 aliphatic rings. The minimum absolute atomic E-state index is 0.0375. The average Bonchev–Trinajstić information content (AvgIpc) is 3.80. The highest BCUT2D eigenvalue weighted by atomic mass is 16.6. The summed E-state index contributed by atoms with van der Waals surface area (Å²) in [6.07, 6.45) is 9.14. The Labute approximate surface area is 304 Å². The van der Waals surface area contributed by atoms with Crippen molar-refractivity contribution in [2.24, 2.45) is 11.8 Å². The molecular formula is C35H69N3O13. The molecule has 2 atom stereocenters. The van der Waals surface area contributed by atoms with Crippen LogP contribution < -0.4 is 0 Å². The van der Waals surface area contributed by atoms with Gasteiger partial charge in [-0.15, -0.1) is 0 Å². The first kappa shape index (κ1) is 49.2. The molecule has 2 heterocycles. The summed E-state index contributed by atoms with van der Waals surface area (Å²) in [4.78, 5) is 18.4. The van der Waals surface area contributed by atoms with Crippen molar-refractivity contribution in [2.45, 2.75) is 77.7 Å². The van der Waals surface area contributed by atoms with Gasteiger partial charge in [0.2, 0.25) is 5.91 Å². The van der Waals surface area contributed by atoms with Gasteiger partial charge in [0.15, 0.2) is 0 Å². The Morgan fingerprint density at radius 2 is 1.14 bits per heavy atom. The zero-order chi connectivity index (χ0) is 38.1. The molecule has 1 amide bonds. The number of likely N-dealkylation sites (tertiary alicyclic amines) is 1. The van der Waals surface area contributed by atoms with Gasteiger partial charge in [-0.05, 0) is 31.1 Å². The predicted octanol–water partition coefficient (Wildman–Crippen LogP) is 0.271. The van der Waals surface area contributed by atoms with E-state index in [1.165, 1.54) is 0 Å². The molecule has 16 heteroatoms. The molecule has 6 N–H and O–H groups in total. The van der Waals surface area contributed by atoms with Crippen LogP contribution in [0.4, 0.5) is 0 Å². The van der Waals surface area contributed by atoms with Crippen molar-refractivity contribution in [3.63, 3.8) is 0 Å². The molecule has 16 nitrogen and oxygen atoms in total. The van der Waals surface area contributed by atoms with Crippen LogP contribution in [0.1, 0.15) is 59.4 Å². The van der Waals surface area contributed by atoms with Crippen LogP contribution in [0.15, 0.2) is 18.7 Å². The quantitative estimate of drug-likeness (QED) is 0.0609. The van der Waals surface area contributed by atoms with E-state index in [0.29, 0.717) is 56.3 Å². The minimum Gasteiger partial charge on any atom is -0.394 e. The van der Waals surface area contributed by atoms with Gasteiger partial charge in [-0.3, -0.25) is 4.79 Å². The van der Waals surface area contributed by atoms with Gasteiger partial charge in [-0.25, -0.2) is 4.98 Å². The van der Waals surface area contributed by atoms with Gasteiger partial charge in [0.05, 0.1) is 112 Å². The number of ether oxygens (including phenoxy) is 6. The first-order valence-corrected chi connectivity index (χ1v) is 18.1. The number of hydrogen-bond donors (Lipinski definition) is 6. The lowest BCUT2D eigenvalue weighted by molar-refractivity contribution is -0.130. The van der Waals surface area contributed by atoms with E-state index in [-0.39, 0.29) is 91.5 Å². The molecule has 51 heavy (non-hydrogen) atoms. The molecule has 1 fully saturated rings. The molecule has 2 unspecified atom stereocenters. The van der Waals surface area contributed by atoms with E-state index in [1.807, 2.05) is 12.5 Å². The van der Waals surface area contributed by atoms with Crippen molar-refractivity contribution >= 4 is 5.91 Å². The molecule has 0 aromatic carbocycles. The van der Waals surface area contributed by atoms with Gasteiger partial charge in [0.1, 0.15) is 12.2 Å². The summed E-state index contributed by atoms with van der Waals surface area (Å²) in [5.41, 5.74) is 0. The molecule has 302 valence electrons. The number of amides is 1. The Kier molecular flexibility index (Phi) is 32.8. The Morgan fingerprint density at radius 3 is 1.45 bits per heavy atom. The van der Waals surface area contributed by atoms with Gasteiger partial charge >= 0.3 is 0 Å². The van der Waals surface area contributed by atoms with Gasteiger partial charge in [-0.2, -0.15) is 0 Å². The summed E-state index contributed by atoms with van der Waals surface area (Å²) in [5.74, 6) is 1.47. The van der Waals surface area contributed by atoms with Crippen LogP contribution in [0.5, 0.6) is 0 Å². The molecule has 1 aromatic rings. The topological polar surface area (TPSA) is 215 Å². The zero-order valence-electron chi connectivity index (χ0n) is 31.4. The summed E-state index contributed by atoms with van der Waals surface area (Å²) in [6, 6.07) is 0.763. The van der Waals surface area contributed by atoms with Crippen molar-refractivity contribution in [2.75, 3.05) is 112 Å². The molecule has 2 rings (SSSR count). The largest absolute Gasteiger partial charge is 0.394 e. The SMILES string of the molecule is CC(C)CC(CC(C(C)C)N1CCCC1=O)n1ccnc1.OCCOCC(COCCO)OCCO.OCCOCC(COCCO)OCCO. The van der Waals surface area contributed by atoms with Crippen molar-refractivity contribution in [1.82, 2.24) is 14.5 Å². The molecule has 0 spiro atoms. The van der Waals surface area contributed by atoms with Crippen LogP contribution in [0.2, 0.25) is 0 Å². The van der Waals surface area contributed by atoms with E-state index in [2.05, 4.69) is 48.3 Å². The van der Waals surface area contributed by atoms with Crippen molar-refractivity contribution in [3.05, 3.63) is 18.7 Å². The van der Waals surface area contributed by atoms with Crippen molar-refractivity contribution in [3.8, 4) is 0 Å². The normalized spacial score (nSPS) is 14.3. The summed E-state index contributed by atoms with van der Waals surface area (Å²) in [6.45, 7) is 12.3. The first-order chi connectivity index (χ1) is 24.7. The Hall–Kier alpha value is -1.80. The molecule has 0 bridgehead atoms. The number of carbonyl (C=O) groups excluding carboxylic acids is 1. The fourth-order valence-corrected chi connectivity index (χ4v) is 5.27. The number of nitrogens with zero attached hydrogens (tertiary/aromatic N) is 3. The second-order valence-electron chi connectivity index (χ2n) is 12.7. The fourth-order valence-electron chi connectivity index (χ4n) is 5.27. The van der Waals surface area contributed by atoms with E-state index in [9.17, 15) is 4.79 Å². The molecule has 1 aliphatic heterocycles. The minimum atomic E-state index is -0.282. The highest BCUT2D eigenvalue weighted by Crippen LogP contribution is 2.30. The number of carbonyl (C=O) groups is 1. The molecule has 0 radical (unpaired) electrons. The van der Waals surface area contributed by atoms with Crippen LogP contribution in [0.3, 0.4) is 0 Å². The smallest absolute Gasteiger partial charge is 0.222 e. The van der Waals surface area contributed by atoms with Crippen LogP contribution in [0, 0.1) is 11.8 Å². The monoisotopic (exact) mass is 739 g/mol. The van der Waals surface area contributed by atoms with Gasteiger partial charge in [0.25, 0.3) is 0 Å². The Morgan fingerprint density at radius 1 is 0.686 bits per heavy atom. The number of aliphatic hydroxyl groups is 6. The van der Waals surface area contributed by atoms with E-state index >= 15 is 0 Å². The zero-order valence-corrected chi connectivity index (χ0v) is 31.4. The maximum Gasteiger partial charge on any atom is 0.222 e. The fraction of sp³-hybridized carbons (Fsp3) is 0.886. The van der Waals surface area contributed by atoms with Crippen LogP contribution >= 0.6 is 0 Å². The third-order valence-corrected chi connectivity index (χ3v) is 7.53. The lowest BCUT2D eigenvalue weighted by atomic mass is 9.91. The van der Waals surface area contributed by atoms with E-state index < -0.39 is 0 Å². The number of rotatable bonds is 29. The first-order valence-electron chi connectivity index (χ1n) is 18.1. The van der Waals surface area contributed by atoms with Gasteiger partial charge in [-0.1, -0.05) is 27.7 Å². The summed E-state index contributed by atoms with van der Waals surface area (Å²) >= 11 is 0. The average molecular weight is 740 g/mol. The Bertz CT molecular complexity index is 835. The molecular weight excluding hydrogens is 670 g/mol. The third-order valence-electron chi connectivity index (χ3n) is 7.53. The predicted molar refractivity (Wildman–Crippen MR) is 190 cm³/mol. The highest BCUT2D eigenvalue weighted by molar-refractivity contribution is 5.78. The van der Waals surface area contributed by atoms with Crippen molar-refractivity contribution in [1.29, 1.82) is 0 Å². The second kappa shape index (κ2) is 34.0. The van der Waals surface area contributed by atoms with E-state index in [4.69, 9.17) is 59.1 Å². The van der Waals surface area contributed by atoms with Gasteiger partial charge in [0, 0.05) is 37.4 Å². The molecule has 1 saturated heterocycles. The van der Waals surface area contributed by atoms with Crippen LogP contribution in [-0.2, 0) is 33.2 Å². The van der Waals surface area contributed by atoms with E-state index in [1.54, 1.807) is 0 Å². The van der Waals surface area contributed by atoms with Crippen LogP contribution in [0.25, 0.3) is 0 Å². The molecule has 0 saturated carbocycles. The molecule has 1 aromatic heterocycles. The lowest BCUT2D eigenvalue weighted by Crippen LogP contribution is -2.41. The van der Waals surface area contributed by atoms with Crippen molar-refractivity contribution < 1.29 is 63.9 Å². The second-order valence-corrected chi connectivity index (χ2v) is 12.7. The van der Waals surface area contributed by atoms with Gasteiger partial charge < -0.3 is 68.5 Å². The number of hydrogen-bond acceptors (Lipinski definition) is 14. The maximum atomic E-state index is 12.1. The number of aromatic nitrogens is 2. The van der Waals surface area contributed by atoms with E-state index in [0.717, 1.165) is 32.2 Å². The standard InChI is InChI=1S/C17H29N3O.2C9H20O6/c1-13(2)10-15(19-9-7-18-12-19)11-16(14(3)4)20-8-5-6-17(20)21;2*10-1-4-13-7-9(15-6-3-12)8-14-5-2-11/h7,9,12-16H,5-6,8,10-11H2,1-4H3;2*9-12H,1-8H2. The number of imidazole rings is 1. The van der Waals surface area contributed by atoms with Crippen LogP contribution in [-0.4, -0.2) is 182 Å². The number of aliphatic hydroxyl groups excluding tert-OH is 6. The lowest BCUT2D eigenvalue weighted by Gasteiger charge is -2.35. The third kappa shape index (κ3) is 25.8. The summed E-state index contributed by atoms with van der Waals surface area (Å²) in [7, 11) is 0. The highest BCUT2D eigenvalue weighted by Gasteiger charge is 2.32. The maximum absolute atomic E-state index is 12.1. The Balaban J connectivity index is 0.000000756. The molecule has 0 aliphatic carbocycles. The summed E-state index contributed by atoms with van der Waals surface area (Å²) < 4.78 is 33.0. The summed E-state index contributed by atoms with van der Waals surface area (Å²) in [5, 5.41) is 51.1.